The Morgan fingerprint density at radius 2 is 2.04 bits per heavy atom. The van der Waals surface area contributed by atoms with E-state index in [2.05, 4.69) is 46.1 Å². The van der Waals surface area contributed by atoms with Crippen LogP contribution in [0.3, 0.4) is 0 Å². The number of rotatable bonds is 9. The molecule has 0 radical (unpaired) electrons. The zero-order valence-electron chi connectivity index (χ0n) is 14.9. The molecular formula is C19H26N4OS. The fourth-order valence-electron chi connectivity index (χ4n) is 3.01. The van der Waals surface area contributed by atoms with Crippen molar-refractivity contribution in [2.45, 2.75) is 63.2 Å². The zero-order chi connectivity index (χ0) is 17.6. The molecule has 1 fully saturated rings. The van der Waals surface area contributed by atoms with Gasteiger partial charge in [-0.1, -0.05) is 55.4 Å². The van der Waals surface area contributed by atoms with Gasteiger partial charge in [0.2, 0.25) is 5.91 Å². The molecule has 1 atom stereocenters. The van der Waals surface area contributed by atoms with Gasteiger partial charge in [-0.3, -0.25) is 4.79 Å². The molecule has 1 N–H and O–H groups in total. The third kappa shape index (κ3) is 4.63. The highest BCUT2D eigenvalue weighted by Gasteiger charge is 2.30. The Morgan fingerprint density at radius 1 is 1.28 bits per heavy atom. The molecule has 1 aliphatic rings. The molecule has 1 aromatic heterocycles. The number of aromatic nitrogens is 3. The summed E-state index contributed by atoms with van der Waals surface area (Å²) >= 11 is 1.48. The lowest BCUT2D eigenvalue weighted by atomic mass is 10.0. The molecule has 6 heteroatoms. The Bertz CT molecular complexity index is 697. The van der Waals surface area contributed by atoms with Crippen LogP contribution >= 0.6 is 11.8 Å². The summed E-state index contributed by atoms with van der Waals surface area (Å²) in [5.74, 6) is 2.07. The highest BCUT2D eigenvalue weighted by Crippen LogP contribution is 2.39. The minimum atomic E-state index is 0.0472. The van der Waals surface area contributed by atoms with E-state index in [1.54, 1.807) is 0 Å². The van der Waals surface area contributed by atoms with E-state index in [4.69, 9.17) is 0 Å². The van der Waals surface area contributed by atoms with Gasteiger partial charge in [-0.15, -0.1) is 10.2 Å². The second kappa shape index (κ2) is 8.52. The van der Waals surface area contributed by atoms with Crippen molar-refractivity contribution in [1.82, 2.24) is 20.1 Å². The molecule has 25 heavy (non-hydrogen) atoms. The molecule has 0 bridgehead atoms. The second-order valence-corrected chi connectivity index (χ2v) is 7.41. The van der Waals surface area contributed by atoms with E-state index in [0.717, 1.165) is 35.9 Å². The Balaban J connectivity index is 1.58. The summed E-state index contributed by atoms with van der Waals surface area (Å²) in [6, 6.07) is 10.3. The summed E-state index contributed by atoms with van der Waals surface area (Å²) < 4.78 is 2.15. The van der Waals surface area contributed by atoms with Crippen LogP contribution < -0.4 is 5.32 Å². The largest absolute Gasteiger partial charge is 0.349 e. The van der Waals surface area contributed by atoms with Gasteiger partial charge in [-0.25, -0.2) is 0 Å². The molecule has 2 aromatic rings. The first-order chi connectivity index (χ1) is 12.2. The van der Waals surface area contributed by atoms with Crippen molar-refractivity contribution in [1.29, 1.82) is 0 Å². The van der Waals surface area contributed by atoms with Crippen molar-refractivity contribution in [3.05, 3.63) is 41.7 Å². The van der Waals surface area contributed by atoms with Crippen molar-refractivity contribution in [2.24, 2.45) is 0 Å². The summed E-state index contributed by atoms with van der Waals surface area (Å²) in [5.41, 5.74) is 1.16. The van der Waals surface area contributed by atoms with Crippen LogP contribution in [0, 0.1) is 0 Å². The SMILES string of the molecule is CCC[C@H](NC(=O)CSc1nnc(C2CC2)n1CC)c1ccccc1. The molecular weight excluding hydrogens is 332 g/mol. The first-order valence-electron chi connectivity index (χ1n) is 9.13. The molecule has 1 aromatic carbocycles. The van der Waals surface area contributed by atoms with E-state index in [1.165, 1.54) is 24.6 Å². The smallest absolute Gasteiger partial charge is 0.230 e. The van der Waals surface area contributed by atoms with Crippen LogP contribution in [0.4, 0.5) is 0 Å². The molecule has 1 saturated carbocycles. The summed E-state index contributed by atoms with van der Waals surface area (Å²) in [6.07, 6.45) is 4.39. The molecule has 0 unspecified atom stereocenters. The third-order valence-corrected chi connectivity index (χ3v) is 5.42. The molecule has 5 nitrogen and oxygen atoms in total. The minimum absolute atomic E-state index is 0.0472. The van der Waals surface area contributed by atoms with Crippen molar-refractivity contribution < 1.29 is 4.79 Å². The number of carbonyl (C=O) groups excluding carboxylic acids is 1. The van der Waals surface area contributed by atoms with Crippen LogP contribution in [-0.4, -0.2) is 26.4 Å². The van der Waals surface area contributed by atoms with Crippen molar-refractivity contribution in [3.63, 3.8) is 0 Å². The summed E-state index contributed by atoms with van der Waals surface area (Å²) in [7, 11) is 0. The maximum absolute atomic E-state index is 12.4. The maximum Gasteiger partial charge on any atom is 0.230 e. The fraction of sp³-hybridized carbons (Fsp3) is 0.526. The van der Waals surface area contributed by atoms with Gasteiger partial charge in [-0.2, -0.15) is 0 Å². The van der Waals surface area contributed by atoms with Crippen LogP contribution in [0.1, 0.15) is 62.9 Å². The first-order valence-corrected chi connectivity index (χ1v) is 10.1. The highest BCUT2D eigenvalue weighted by molar-refractivity contribution is 7.99. The normalized spacial score (nSPS) is 15.1. The van der Waals surface area contributed by atoms with E-state index in [1.807, 2.05) is 18.2 Å². The van der Waals surface area contributed by atoms with Gasteiger partial charge in [-0.05, 0) is 31.7 Å². The van der Waals surface area contributed by atoms with Crippen LogP contribution in [0.15, 0.2) is 35.5 Å². The Kier molecular flexibility index (Phi) is 6.13. The number of benzene rings is 1. The Hall–Kier alpha value is -1.82. The second-order valence-electron chi connectivity index (χ2n) is 6.47. The van der Waals surface area contributed by atoms with Crippen molar-refractivity contribution >= 4 is 17.7 Å². The molecule has 134 valence electrons. The number of carbonyl (C=O) groups is 1. The van der Waals surface area contributed by atoms with Gasteiger partial charge >= 0.3 is 0 Å². The molecule has 0 spiro atoms. The van der Waals surface area contributed by atoms with Gasteiger partial charge in [0.25, 0.3) is 0 Å². The zero-order valence-corrected chi connectivity index (χ0v) is 15.8. The average molecular weight is 359 g/mol. The highest BCUT2D eigenvalue weighted by atomic mass is 32.2. The van der Waals surface area contributed by atoms with Crippen LogP contribution in [0.25, 0.3) is 0 Å². The molecule has 1 heterocycles. The number of nitrogens with zero attached hydrogens (tertiary/aromatic N) is 3. The Morgan fingerprint density at radius 3 is 2.68 bits per heavy atom. The van der Waals surface area contributed by atoms with Gasteiger partial charge < -0.3 is 9.88 Å². The van der Waals surface area contributed by atoms with E-state index in [-0.39, 0.29) is 11.9 Å². The van der Waals surface area contributed by atoms with E-state index in [9.17, 15) is 4.79 Å². The van der Waals surface area contributed by atoms with Gasteiger partial charge in [0.15, 0.2) is 5.16 Å². The van der Waals surface area contributed by atoms with Crippen LogP contribution in [0.2, 0.25) is 0 Å². The lowest BCUT2D eigenvalue weighted by molar-refractivity contribution is -0.119. The monoisotopic (exact) mass is 358 g/mol. The topological polar surface area (TPSA) is 59.8 Å². The van der Waals surface area contributed by atoms with Gasteiger partial charge in [0.1, 0.15) is 5.82 Å². The molecule has 1 amide bonds. The van der Waals surface area contributed by atoms with E-state index < -0.39 is 0 Å². The van der Waals surface area contributed by atoms with Crippen LogP contribution in [0.5, 0.6) is 0 Å². The van der Waals surface area contributed by atoms with E-state index >= 15 is 0 Å². The first kappa shape index (κ1) is 18.0. The molecule has 1 aliphatic carbocycles. The molecule has 3 rings (SSSR count). The predicted molar refractivity (Wildman–Crippen MR) is 101 cm³/mol. The quantitative estimate of drug-likeness (QED) is 0.690. The van der Waals surface area contributed by atoms with Crippen molar-refractivity contribution in [2.75, 3.05) is 5.75 Å². The van der Waals surface area contributed by atoms with Gasteiger partial charge in [0.05, 0.1) is 11.8 Å². The number of amides is 1. The summed E-state index contributed by atoms with van der Waals surface area (Å²) in [4.78, 5) is 12.4. The average Bonchev–Trinajstić information content (AvgIpc) is 3.40. The number of hydrogen-bond acceptors (Lipinski definition) is 4. The third-order valence-electron chi connectivity index (χ3n) is 4.45. The lowest BCUT2D eigenvalue weighted by Gasteiger charge is -2.18. The standard InChI is InChI=1S/C19H26N4OS/c1-3-8-16(14-9-6-5-7-10-14)20-17(24)13-25-19-22-21-18(15-11-12-15)23(19)4-2/h5-7,9-10,15-16H,3-4,8,11-13H2,1-2H3,(H,20,24)/t16-/m0/s1. The summed E-state index contributed by atoms with van der Waals surface area (Å²) in [5, 5.41) is 12.6. The predicted octanol–water partition coefficient (Wildman–Crippen LogP) is 3.93. The lowest BCUT2D eigenvalue weighted by Crippen LogP contribution is -2.30. The van der Waals surface area contributed by atoms with E-state index in [0.29, 0.717) is 11.7 Å². The maximum atomic E-state index is 12.4. The van der Waals surface area contributed by atoms with Gasteiger partial charge in [0, 0.05) is 12.5 Å². The molecule has 0 aliphatic heterocycles. The van der Waals surface area contributed by atoms with Crippen LogP contribution in [-0.2, 0) is 11.3 Å². The fourth-order valence-corrected chi connectivity index (χ4v) is 3.83. The van der Waals surface area contributed by atoms with Crippen molar-refractivity contribution in [3.8, 4) is 0 Å². The number of hydrogen-bond donors (Lipinski definition) is 1. The Labute approximate surface area is 153 Å². The minimum Gasteiger partial charge on any atom is -0.349 e. The molecule has 0 saturated heterocycles. The summed E-state index contributed by atoms with van der Waals surface area (Å²) in [6.45, 7) is 5.09. The number of nitrogens with one attached hydrogen (secondary N) is 1. The number of thioether (sulfide) groups is 1.